The molecule has 0 bridgehead atoms. The normalized spacial score (nSPS) is 11.9. The second-order valence-electron chi connectivity index (χ2n) is 5.59. The quantitative estimate of drug-likeness (QED) is 0.614. The van der Waals surface area contributed by atoms with Gasteiger partial charge in [0.05, 0.1) is 15.2 Å². The van der Waals surface area contributed by atoms with Crippen molar-refractivity contribution in [1.29, 1.82) is 0 Å². The number of para-hydroxylation sites is 1. The van der Waals surface area contributed by atoms with Crippen molar-refractivity contribution in [2.45, 2.75) is 20.4 Å². The van der Waals surface area contributed by atoms with Gasteiger partial charge >= 0.3 is 0 Å². The van der Waals surface area contributed by atoms with E-state index >= 15 is 0 Å². The predicted molar refractivity (Wildman–Crippen MR) is 101 cm³/mol. The summed E-state index contributed by atoms with van der Waals surface area (Å²) in [5, 5.41) is 0.644. The molecule has 1 amide bonds. The number of aromatic nitrogens is 1. The SMILES string of the molecule is C=CCn1c(=NC(=O)c2ccc(C)c(C)c2)sc2cccc(Cl)c21. The molecule has 0 aliphatic carbocycles. The lowest BCUT2D eigenvalue weighted by molar-refractivity contribution is 0.0998. The van der Waals surface area contributed by atoms with Gasteiger partial charge in [0.25, 0.3) is 5.91 Å². The van der Waals surface area contributed by atoms with E-state index in [1.54, 1.807) is 6.08 Å². The molecule has 0 aliphatic rings. The lowest BCUT2D eigenvalue weighted by Gasteiger charge is -2.03. The van der Waals surface area contributed by atoms with Gasteiger partial charge in [-0.15, -0.1) is 6.58 Å². The third-order valence-corrected chi connectivity index (χ3v) is 5.26. The van der Waals surface area contributed by atoms with E-state index in [9.17, 15) is 4.79 Å². The van der Waals surface area contributed by atoms with Crippen LogP contribution in [0, 0.1) is 13.8 Å². The van der Waals surface area contributed by atoms with E-state index < -0.39 is 0 Å². The van der Waals surface area contributed by atoms with Gasteiger partial charge in [-0.2, -0.15) is 4.99 Å². The van der Waals surface area contributed by atoms with Gasteiger partial charge in [-0.25, -0.2) is 0 Å². The molecule has 0 atom stereocenters. The van der Waals surface area contributed by atoms with E-state index in [1.165, 1.54) is 11.3 Å². The van der Waals surface area contributed by atoms with Gasteiger partial charge in [-0.1, -0.05) is 41.1 Å². The summed E-state index contributed by atoms with van der Waals surface area (Å²) in [6, 6.07) is 11.3. The Morgan fingerprint density at radius 3 is 2.79 bits per heavy atom. The molecule has 0 fully saturated rings. The van der Waals surface area contributed by atoms with E-state index in [2.05, 4.69) is 11.6 Å². The summed E-state index contributed by atoms with van der Waals surface area (Å²) < 4.78 is 2.92. The highest BCUT2D eigenvalue weighted by Gasteiger charge is 2.11. The van der Waals surface area contributed by atoms with Gasteiger partial charge in [-0.3, -0.25) is 4.79 Å². The Morgan fingerprint density at radius 2 is 2.08 bits per heavy atom. The van der Waals surface area contributed by atoms with E-state index in [1.807, 2.05) is 54.8 Å². The highest BCUT2D eigenvalue weighted by Crippen LogP contribution is 2.25. The minimum atomic E-state index is -0.251. The number of thiazole rings is 1. The molecule has 1 heterocycles. The third kappa shape index (κ3) is 3.07. The standard InChI is InChI=1S/C19H17ClN2OS/c1-4-10-22-17-15(20)6-5-7-16(17)24-19(22)21-18(23)14-9-8-12(2)13(3)11-14/h4-9,11H,1,10H2,2-3H3. The molecule has 24 heavy (non-hydrogen) atoms. The second-order valence-corrected chi connectivity index (χ2v) is 7.00. The van der Waals surface area contributed by atoms with Crippen LogP contribution in [-0.4, -0.2) is 10.5 Å². The monoisotopic (exact) mass is 356 g/mol. The predicted octanol–water partition coefficient (Wildman–Crippen LogP) is 4.90. The first-order valence-electron chi connectivity index (χ1n) is 7.56. The number of aryl methyl sites for hydroxylation is 2. The van der Waals surface area contributed by atoms with Crippen LogP contribution in [0.4, 0.5) is 0 Å². The Kier molecular flexibility index (Phi) is 4.69. The van der Waals surface area contributed by atoms with Gasteiger partial charge in [0.2, 0.25) is 0 Å². The van der Waals surface area contributed by atoms with Crippen molar-refractivity contribution in [1.82, 2.24) is 4.57 Å². The van der Waals surface area contributed by atoms with Gasteiger partial charge < -0.3 is 4.57 Å². The topological polar surface area (TPSA) is 34.4 Å². The van der Waals surface area contributed by atoms with Crippen molar-refractivity contribution in [3.63, 3.8) is 0 Å². The van der Waals surface area contributed by atoms with Crippen molar-refractivity contribution in [3.8, 4) is 0 Å². The first-order chi connectivity index (χ1) is 11.5. The molecule has 0 saturated carbocycles. The number of hydrogen-bond donors (Lipinski definition) is 0. The van der Waals surface area contributed by atoms with E-state index in [-0.39, 0.29) is 5.91 Å². The Labute approximate surface area is 149 Å². The molecule has 5 heteroatoms. The molecule has 0 N–H and O–H groups in total. The zero-order chi connectivity index (χ0) is 17.3. The molecule has 0 aliphatic heterocycles. The Hall–Kier alpha value is -2.17. The van der Waals surface area contributed by atoms with E-state index in [4.69, 9.17) is 11.6 Å². The Morgan fingerprint density at radius 1 is 1.29 bits per heavy atom. The van der Waals surface area contributed by atoms with Gasteiger partial charge in [0.1, 0.15) is 0 Å². The van der Waals surface area contributed by atoms with Crippen molar-refractivity contribution >= 4 is 39.1 Å². The Bertz CT molecular complexity index is 1010. The molecule has 0 unspecified atom stereocenters. The zero-order valence-corrected chi connectivity index (χ0v) is 15.1. The number of nitrogens with zero attached hydrogens (tertiary/aromatic N) is 2. The number of hydrogen-bond acceptors (Lipinski definition) is 2. The molecule has 3 aromatic rings. The molecule has 1 aromatic heterocycles. The fraction of sp³-hybridized carbons (Fsp3) is 0.158. The highest BCUT2D eigenvalue weighted by molar-refractivity contribution is 7.16. The summed E-state index contributed by atoms with van der Waals surface area (Å²) in [6.45, 7) is 8.34. The van der Waals surface area contributed by atoms with E-state index in [0.717, 1.165) is 21.3 Å². The van der Waals surface area contributed by atoms with Crippen LogP contribution < -0.4 is 4.80 Å². The summed E-state index contributed by atoms with van der Waals surface area (Å²) in [5.41, 5.74) is 3.71. The van der Waals surface area contributed by atoms with Crippen LogP contribution in [0.1, 0.15) is 21.5 Å². The highest BCUT2D eigenvalue weighted by atomic mass is 35.5. The number of carbonyl (C=O) groups is 1. The van der Waals surface area contributed by atoms with Crippen LogP contribution >= 0.6 is 22.9 Å². The van der Waals surface area contributed by atoms with Crippen molar-refractivity contribution in [3.05, 3.63) is 75.6 Å². The zero-order valence-electron chi connectivity index (χ0n) is 13.5. The average molecular weight is 357 g/mol. The van der Waals surface area contributed by atoms with Gasteiger partial charge in [-0.05, 0) is 49.2 Å². The summed E-state index contributed by atoms with van der Waals surface area (Å²) in [4.78, 5) is 17.5. The van der Waals surface area contributed by atoms with E-state index in [0.29, 0.717) is 21.9 Å². The number of halogens is 1. The Balaban J connectivity index is 2.17. The molecule has 122 valence electrons. The maximum Gasteiger partial charge on any atom is 0.279 e. The fourth-order valence-electron chi connectivity index (χ4n) is 2.50. The van der Waals surface area contributed by atoms with Crippen molar-refractivity contribution in [2.75, 3.05) is 0 Å². The third-order valence-electron chi connectivity index (χ3n) is 3.91. The van der Waals surface area contributed by atoms with Crippen molar-refractivity contribution < 1.29 is 4.79 Å². The lowest BCUT2D eigenvalue weighted by atomic mass is 10.1. The molecule has 3 nitrogen and oxygen atoms in total. The van der Waals surface area contributed by atoms with Crippen molar-refractivity contribution in [2.24, 2.45) is 4.99 Å². The van der Waals surface area contributed by atoms with Crippen LogP contribution in [0.25, 0.3) is 10.2 Å². The fourth-order valence-corrected chi connectivity index (χ4v) is 3.89. The molecule has 2 aromatic carbocycles. The number of rotatable bonds is 3. The first-order valence-corrected chi connectivity index (χ1v) is 8.76. The van der Waals surface area contributed by atoms with Crippen LogP contribution in [0.15, 0.2) is 54.0 Å². The van der Waals surface area contributed by atoms with Crippen LogP contribution in [0.3, 0.4) is 0 Å². The molecule has 0 saturated heterocycles. The molecular weight excluding hydrogens is 340 g/mol. The number of fused-ring (bicyclic) bond motifs is 1. The van der Waals surface area contributed by atoms with Gasteiger partial charge in [0.15, 0.2) is 4.80 Å². The number of amides is 1. The van der Waals surface area contributed by atoms with Crippen LogP contribution in [0.2, 0.25) is 5.02 Å². The maximum atomic E-state index is 12.6. The molecule has 3 rings (SSSR count). The number of allylic oxidation sites excluding steroid dienone is 1. The first kappa shape index (κ1) is 16.7. The molecular formula is C19H17ClN2OS. The summed E-state index contributed by atoms with van der Waals surface area (Å²) >= 11 is 7.78. The lowest BCUT2D eigenvalue weighted by Crippen LogP contribution is -2.16. The van der Waals surface area contributed by atoms with Crippen LogP contribution in [0.5, 0.6) is 0 Å². The van der Waals surface area contributed by atoms with Gasteiger partial charge in [0, 0.05) is 12.1 Å². The summed E-state index contributed by atoms with van der Waals surface area (Å²) in [7, 11) is 0. The molecule has 0 radical (unpaired) electrons. The second kappa shape index (κ2) is 6.75. The summed E-state index contributed by atoms with van der Waals surface area (Å²) in [6.07, 6.45) is 1.77. The number of carbonyl (C=O) groups excluding carboxylic acids is 1. The van der Waals surface area contributed by atoms with Crippen LogP contribution in [-0.2, 0) is 6.54 Å². The minimum absolute atomic E-state index is 0.251. The minimum Gasteiger partial charge on any atom is -0.311 e. The largest absolute Gasteiger partial charge is 0.311 e. The number of benzene rings is 2. The smallest absolute Gasteiger partial charge is 0.279 e. The summed E-state index contributed by atoms with van der Waals surface area (Å²) in [5.74, 6) is -0.251. The molecule has 0 spiro atoms. The average Bonchev–Trinajstić information content (AvgIpc) is 2.89. The maximum absolute atomic E-state index is 12.6.